The van der Waals surface area contributed by atoms with E-state index in [1.165, 1.54) is 30.6 Å². The van der Waals surface area contributed by atoms with Gasteiger partial charge in [-0.2, -0.15) is 39.5 Å². The molecule has 0 amide bonds. The van der Waals surface area contributed by atoms with Crippen molar-refractivity contribution in [3.8, 4) is 0 Å². The van der Waals surface area contributed by atoms with E-state index in [0.29, 0.717) is 0 Å². The molecular formula is C11H9F9N+. The molecule has 0 spiro atoms. The van der Waals surface area contributed by atoms with Crippen LogP contribution in [-0.4, -0.2) is 23.9 Å². The summed E-state index contributed by atoms with van der Waals surface area (Å²) in [5.74, 6) is -18.9. The van der Waals surface area contributed by atoms with Crippen LogP contribution >= 0.6 is 0 Å². The molecule has 21 heavy (non-hydrogen) atoms. The minimum atomic E-state index is -6.83. The predicted octanol–water partition coefficient (Wildman–Crippen LogP) is 3.83. The SMILES string of the molecule is FC(F)(F)C(F)(F)C(F)(F)C(F)(F)CC[n+]1ccccc1. The summed E-state index contributed by atoms with van der Waals surface area (Å²) >= 11 is 0. The van der Waals surface area contributed by atoms with Crippen LogP contribution in [0, 0.1) is 0 Å². The molecule has 0 N–H and O–H groups in total. The lowest BCUT2D eigenvalue weighted by atomic mass is 10.0. The Hall–Kier alpha value is -1.48. The molecule has 0 aliphatic heterocycles. The summed E-state index contributed by atoms with van der Waals surface area (Å²) in [7, 11) is 0. The Kier molecular flexibility index (Phi) is 4.50. The van der Waals surface area contributed by atoms with E-state index in [1.54, 1.807) is 0 Å². The molecule has 0 aliphatic carbocycles. The summed E-state index contributed by atoms with van der Waals surface area (Å²) in [6, 6.07) is 4.17. The van der Waals surface area contributed by atoms with Crippen LogP contribution in [0.4, 0.5) is 39.5 Å². The Morgan fingerprint density at radius 1 is 0.667 bits per heavy atom. The summed E-state index contributed by atoms with van der Waals surface area (Å²) in [6.45, 7) is -0.850. The van der Waals surface area contributed by atoms with Crippen LogP contribution in [0.5, 0.6) is 0 Å². The zero-order valence-electron chi connectivity index (χ0n) is 10.1. The van der Waals surface area contributed by atoms with Crippen molar-refractivity contribution in [3.05, 3.63) is 30.6 Å². The average Bonchev–Trinajstić information content (AvgIpc) is 2.36. The second-order valence-corrected chi connectivity index (χ2v) is 4.21. The molecule has 0 fully saturated rings. The lowest BCUT2D eigenvalue weighted by Gasteiger charge is -2.33. The summed E-state index contributed by atoms with van der Waals surface area (Å²) in [6.07, 6.45) is -6.30. The molecule has 1 rings (SSSR count). The van der Waals surface area contributed by atoms with Gasteiger partial charge in [0.25, 0.3) is 0 Å². The van der Waals surface area contributed by atoms with Crippen LogP contribution in [0.1, 0.15) is 6.42 Å². The summed E-state index contributed by atoms with van der Waals surface area (Å²) in [5.41, 5.74) is 0. The van der Waals surface area contributed by atoms with E-state index in [1.807, 2.05) is 0 Å². The number of hydrogen-bond acceptors (Lipinski definition) is 0. The van der Waals surface area contributed by atoms with Gasteiger partial charge in [0.05, 0.1) is 6.42 Å². The van der Waals surface area contributed by atoms with E-state index in [9.17, 15) is 39.5 Å². The second-order valence-electron chi connectivity index (χ2n) is 4.21. The van der Waals surface area contributed by atoms with Gasteiger partial charge in [0.1, 0.15) is 0 Å². The quantitative estimate of drug-likeness (QED) is 0.572. The Morgan fingerprint density at radius 2 is 1.14 bits per heavy atom. The highest BCUT2D eigenvalue weighted by Crippen LogP contribution is 2.53. The van der Waals surface area contributed by atoms with Crippen LogP contribution in [0.25, 0.3) is 0 Å². The number of aromatic nitrogens is 1. The largest absolute Gasteiger partial charge is 0.460 e. The number of hydrogen-bond donors (Lipinski definition) is 0. The monoisotopic (exact) mass is 326 g/mol. The minimum Gasteiger partial charge on any atom is -0.205 e. The molecule has 0 saturated carbocycles. The number of rotatable bonds is 5. The molecule has 0 aromatic carbocycles. The third-order valence-corrected chi connectivity index (χ3v) is 2.67. The smallest absolute Gasteiger partial charge is 0.205 e. The predicted molar refractivity (Wildman–Crippen MR) is 52.2 cm³/mol. The van der Waals surface area contributed by atoms with Gasteiger partial charge in [-0.25, -0.2) is 4.57 Å². The van der Waals surface area contributed by atoms with E-state index in [-0.39, 0.29) is 0 Å². The fourth-order valence-corrected chi connectivity index (χ4v) is 1.42. The number of nitrogens with zero attached hydrogens (tertiary/aromatic N) is 1. The molecule has 10 heteroatoms. The molecule has 1 aromatic heterocycles. The van der Waals surface area contributed by atoms with Crippen molar-refractivity contribution in [3.63, 3.8) is 0 Å². The first-order valence-corrected chi connectivity index (χ1v) is 5.47. The molecule has 0 unspecified atom stereocenters. The first-order chi connectivity index (χ1) is 9.33. The first kappa shape index (κ1) is 17.6. The standard InChI is InChI=1S/C11H9F9N/c12-8(13,4-7-21-5-2-1-3-6-21)9(14,15)10(16,17)11(18,19)20/h1-3,5-6H,4,7H2/q+1. The van der Waals surface area contributed by atoms with Gasteiger partial charge in [-0.05, 0) is 0 Å². The van der Waals surface area contributed by atoms with Crippen molar-refractivity contribution in [2.24, 2.45) is 0 Å². The van der Waals surface area contributed by atoms with Crippen LogP contribution < -0.4 is 4.57 Å². The first-order valence-electron chi connectivity index (χ1n) is 5.47. The average molecular weight is 326 g/mol. The fourth-order valence-electron chi connectivity index (χ4n) is 1.42. The Morgan fingerprint density at radius 3 is 1.57 bits per heavy atom. The molecule has 0 atom stereocenters. The van der Waals surface area contributed by atoms with Crippen molar-refractivity contribution < 1.29 is 44.1 Å². The number of halogens is 9. The van der Waals surface area contributed by atoms with Crippen LogP contribution in [-0.2, 0) is 6.54 Å². The minimum absolute atomic E-state index is 0.850. The zero-order chi connectivity index (χ0) is 16.5. The van der Waals surface area contributed by atoms with Gasteiger partial charge >= 0.3 is 23.9 Å². The normalized spacial score (nSPS) is 14.3. The Bertz CT molecular complexity index is 466. The highest BCUT2D eigenvalue weighted by atomic mass is 19.4. The maximum absolute atomic E-state index is 13.2. The highest BCUT2D eigenvalue weighted by molar-refractivity contribution is 4.99. The Balaban J connectivity index is 2.94. The van der Waals surface area contributed by atoms with E-state index >= 15 is 0 Å². The van der Waals surface area contributed by atoms with Crippen molar-refractivity contribution >= 4 is 0 Å². The molecule has 1 heterocycles. The lowest BCUT2D eigenvalue weighted by Crippen LogP contribution is -2.61. The lowest BCUT2D eigenvalue weighted by molar-refractivity contribution is -0.700. The summed E-state index contributed by atoms with van der Waals surface area (Å²) < 4.78 is 114. The molecule has 120 valence electrons. The maximum atomic E-state index is 13.2. The summed E-state index contributed by atoms with van der Waals surface area (Å²) in [4.78, 5) is 0. The van der Waals surface area contributed by atoms with E-state index in [4.69, 9.17) is 0 Å². The topological polar surface area (TPSA) is 3.88 Å². The van der Waals surface area contributed by atoms with Gasteiger partial charge in [-0.15, -0.1) is 0 Å². The third kappa shape index (κ3) is 3.24. The van der Waals surface area contributed by atoms with Gasteiger partial charge in [0.2, 0.25) is 0 Å². The number of aryl methyl sites for hydroxylation is 1. The molecule has 1 aromatic rings. The summed E-state index contributed by atoms with van der Waals surface area (Å²) in [5, 5.41) is 0. The van der Waals surface area contributed by atoms with Crippen molar-refractivity contribution in [1.29, 1.82) is 0 Å². The van der Waals surface area contributed by atoms with Gasteiger partial charge in [-0.1, -0.05) is 6.07 Å². The van der Waals surface area contributed by atoms with E-state index < -0.39 is 36.9 Å². The van der Waals surface area contributed by atoms with Crippen LogP contribution in [0.15, 0.2) is 30.6 Å². The van der Waals surface area contributed by atoms with Gasteiger partial charge < -0.3 is 0 Å². The van der Waals surface area contributed by atoms with E-state index in [0.717, 1.165) is 4.57 Å². The molecule has 0 radical (unpaired) electrons. The highest BCUT2D eigenvalue weighted by Gasteiger charge is 2.81. The molecule has 0 saturated heterocycles. The van der Waals surface area contributed by atoms with Crippen molar-refractivity contribution in [1.82, 2.24) is 0 Å². The molecule has 0 bridgehead atoms. The van der Waals surface area contributed by atoms with E-state index in [2.05, 4.69) is 0 Å². The van der Waals surface area contributed by atoms with Crippen LogP contribution in [0.3, 0.4) is 0 Å². The van der Waals surface area contributed by atoms with Crippen LogP contribution in [0.2, 0.25) is 0 Å². The third-order valence-electron chi connectivity index (χ3n) is 2.67. The zero-order valence-corrected chi connectivity index (χ0v) is 10.1. The molecule has 0 aliphatic rings. The number of alkyl halides is 9. The van der Waals surface area contributed by atoms with Gasteiger partial charge in [-0.3, -0.25) is 0 Å². The van der Waals surface area contributed by atoms with Crippen molar-refractivity contribution in [2.45, 2.75) is 36.9 Å². The fraction of sp³-hybridized carbons (Fsp3) is 0.545. The van der Waals surface area contributed by atoms with Crippen molar-refractivity contribution in [2.75, 3.05) is 0 Å². The maximum Gasteiger partial charge on any atom is 0.460 e. The van der Waals surface area contributed by atoms with Gasteiger partial charge in [0, 0.05) is 12.1 Å². The Labute approximate surface area is 113 Å². The molecule has 1 nitrogen and oxygen atoms in total. The molecular weight excluding hydrogens is 317 g/mol. The number of pyridine rings is 1. The van der Waals surface area contributed by atoms with Gasteiger partial charge in [0.15, 0.2) is 18.9 Å². The second kappa shape index (κ2) is 5.38.